The lowest BCUT2D eigenvalue weighted by molar-refractivity contribution is 0.463. The number of hydrogen-bond donors (Lipinski definition) is 0. The molecule has 38 rings (SSSR count). The van der Waals surface area contributed by atoms with Gasteiger partial charge in [0.05, 0.1) is 22.3 Å². The normalized spacial score (nSPS) is 11.5. The van der Waals surface area contributed by atoms with Crippen molar-refractivity contribution in [3.63, 3.8) is 0 Å². The van der Waals surface area contributed by atoms with Gasteiger partial charge in [-0.1, -0.05) is 194 Å². The van der Waals surface area contributed by atoms with Gasteiger partial charge < -0.3 is 0 Å². The predicted molar refractivity (Wildman–Crippen MR) is 254 cm³/mol. The van der Waals surface area contributed by atoms with E-state index in [0.717, 1.165) is 44.5 Å². The topological polar surface area (TPSA) is 0 Å². The molecule has 10 aromatic rings. The molecule has 0 nitrogen and oxygen atoms in total. The van der Waals surface area contributed by atoms with Crippen molar-refractivity contribution in [1.29, 1.82) is 0 Å². The molecular weight excluding hydrogens is 873 g/mol. The van der Waals surface area contributed by atoms with Gasteiger partial charge in [0.1, 0.15) is 0 Å². The van der Waals surface area contributed by atoms with E-state index >= 15 is 35.1 Å². The largest absolute Gasteiger partial charge is 0.203 e. The molecule has 0 atom stereocenters. The van der Waals surface area contributed by atoms with Crippen LogP contribution in [0.1, 0.15) is 0 Å². The van der Waals surface area contributed by atoms with Crippen molar-refractivity contribution in [3.8, 4) is 111 Å². The summed E-state index contributed by atoms with van der Waals surface area (Å²) >= 11 is 0. The van der Waals surface area contributed by atoms with Crippen molar-refractivity contribution in [2.45, 2.75) is 0 Å². The summed E-state index contributed by atoms with van der Waals surface area (Å²) in [4.78, 5) is 0. The second kappa shape index (κ2) is 16.8. The fourth-order valence-corrected chi connectivity index (χ4v) is 9.02. The molecule has 20 bridgehead atoms. The number of rotatable bonds is 0. The quantitative estimate of drug-likeness (QED) is 0.105. The zero-order valence-electron chi connectivity index (χ0n) is 35.5. The number of benzene rings is 10. The fraction of sp³-hybridized carbons (Fsp3) is 0. The van der Waals surface area contributed by atoms with E-state index in [1.807, 2.05) is 97.1 Å². The molecule has 328 valence electrons. The smallest absolute Gasteiger partial charge is 0.170 e. The van der Waals surface area contributed by atoms with Crippen LogP contribution in [-0.4, -0.2) is 0 Å². The third-order valence-electron chi connectivity index (χ3n) is 12.8. The first-order chi connectivity index (χ1) is 33.0. The fourth-order valence-electron chi connectivity index (χ4n) is 9.02. The van der Waals surface area contributed by atoms with E-state index in [-0.39, 0.29) is 22.3 Å². The summed E-state index contributed by atoms with van der Waals surface area (Å²) in [6.45, 7) is 0. The summed E-state index contributed by atoms with van der Waals surface area (Å²) in [6.07, 6.45) is 0. The van der Waals surface area contributed by atoms with Crippen LogP contribution in [0.3, 0.4) is 0 Å². The van der Waals surface area contributed by atoms with E-state index in [2.05, 4.69) is 0 Å². The molecule has 0 saturated heterocycles. The summed E-state index contributed by atoms with van der Waals surface area (Å²) in [5, 5.41) is 0. The van der Waals surface area contributed by atoms with Crippen molar-refractivity contribution in [2.75, 3.05) is 0 Å². The van der Waals surface area contributed by atoms with Crippen LogP contribution in [0.4, 0.5) is 35.1 Å². The SMILES string of the molecule is Fc1c(F)c2c(F)c(F)c1-c1ccc(cc1)-c1ccc(cc1)-c1ccc(cc1)-c1ccc(cc1)-c1c(F)c(F)c(c(F)c1F)-c1ccc(cc1)-c1ccc(cc1)-c1ccc(cc1)-c1ccc-2cc1. The molecular formula is C60H32F8. The lowest BCUT2D eigenvalue weighted by Crippen LogP contribution is -2.03. The van der Waals surface area contributed by atoms with Gasteiger partial charge in [0.25, 0.3) is 0 Å². The zero-order chi connectivity index (χ0) is 46.8. The summed E-state index contributed by atoms with van der Waals surface area (Å²) < 4.78 is 126. The molecule has 8 heteroatoms. The Balaban J connectivity index is 0.969. The van der Waals surface area contributed by atoms with Crippen LogP contribution in [0, 0.1) is 46.5 Å². The minimum Gasteiger partial charge on any atom is -0.203 e. The standard InChI is InChI=1S/C60H32F8/c61-53-49-45-25-17-41(18-26-45)37-9-1-33(2-10-37)34-3-11-38(12-4-34)42-19-27-46(28-20-42)50-57(65)59(67)52(60(68)58(50)66)48-31-23-44(24-32-48)40-15-7-36(8-16-40)35-5-13-39(14-6-35)43-21-29-47(30-22-43)51(55(53)63)56(64)54(49)62/h1-32H. The van der Waals surface area contributed by atoms with Gasteiger partial charge in [-0.2, -0.15) is 0 Å². The Hall–Kier alpha value is -8.36. The highest BCUT2D eigenvalue weighted by Crippen LogP contribution is 2.41. The predicted octanol–water partition coefficient (Wildman–Crippen LogP) is 17.8. The van der Waals surface area contributed by atoms with Crippen molar-refractivity contribution in [2.24, 2.45) is 0 Å². The van der Waals surface area contributed by atoms with E-state index in [0.29, 0.717) is 22.3 Å². The summed E-state index contributed by atoms with van der Waals surface area (Å²) in [6, 6.07) is 54.5. The first-order valence-electron chi connectivity index (χ1n) is 21.6. The third kappa shape index (κ3) is 7.26. The van der Waals surface area contributed by atoms with Crippen LogP contribution in [0.15, 0.2) is 194 Å². The van der Waals surface area contributed by atoms with Crippen LogP contribution >= 0.6 is 0 Å². The van der Waals surface area contributed by atoms with E-state index in [9.17, 15) is 0 Å². The molecule has 0 amide bonds. The van der Waals surface area contributed by atoms with Crippen molar-refractivity contribution in [3.05, 3.63) is 241 Å². The van der Waals surface area contributed by atoms with Crippen LogP contribution in [-0.2, 0) is 0 Å². The molecule has 0 saturated carbocycles. The average Bonchev–Trinajstić information content (AvgIpc) is 3.39. The highest BCUT2D eigenvalue weighted by molar-refractivity contribution is 5.81. The number of hydrogen-bond acceptors (Lipinski definition) is 0. The Labute approximate surface area is 385 Å². The molecule has 0 radical (unpaired) electrons. The minimum atomic E-state index is -1.50. The molecule has 0 heterocycles. The lowest BCUT2D eigenvalue weighted by atomic mass is 9.93. The van der Waals surface area contributed by atoms with Gasteiger partial charge in [0, 0.05) is 0 Å². The average molecular weight is 905 g/mol. The highest BCUT2D eigenvalue weighted by Gasteiger charge is 2.29. The van der Waals surface area contributed by atoms with Gasteiger partial charge in [-0.15, -0.1) is 0 Å². The molecule has 0 unspecified atom stereocenters. The van der Waals surface area contributed by atoms with E-state index < -0.39 is 68.8 Å². The first-order valence-corrected chi connectivity index (χ1v) is 21.6. The monoisotopic (exact) mass is 904 g/mol. The highest BCUT2D eigenvalue weighted by atomic mass is 19.2. The van der Waals surface area contributed by atoms with Gasteiger partial charge in [0.2, 0.25) is 0 Å². The third-order valence-corrected chi connectivity index (χ3v) is 12.8. The molecule has 10 aromatic carbocycles. The Morgan fingerprint density at radius 1 is 0.118 bits per heavy atom. The van der Waals surface area contributed by atoms with Crippen molar-refractivity contribution in [1.82, 2.24) is 0 Å². The van der Waals surface area contributed by atoms with E-state index in [1.54, 1.807) is 48.5 Å². The maximum Gasteiger partial charge on any atom is 0.170 e. The second-order valence-electron chi connectivity index (χ2n) is 16.6. The Morgan fingerprint density at radius 2 is 0.191 bits per heavy atom. The van der Waals surface area contributed by atoms with Gasteiger partial charge in [-0.25, -0.2) is 35.1 Å². The Kier molecular flexibility index (Phi) is 10.5. The Bertz CT molecular complexity index is 3010. The molecule has 68 heavy (non-hydrogen) atoms. The van der Waals surface area contributed by atoms with Gasteiger partial charge in [-0.05, 0) is 89.0 Å². The van der Waals surface area contributed by atoms with Crippen molar-refractivity contribution < 1.29 is 35.1 Å². The maximum atomic E-state index is 15.8. The summed E-state index contributed by atoms with van der Waals surface area (Å²) in [5.41, 5.74) is 6.11. The minimum absolute atomic E-state index is 0.0331. The molecule has 0 N–H and O–H groups in total. The van der Waals surface area contributed by atoms with Crippen LogP contribution < -0.4 is 0 Å². The van der Waals surface area contributed by atoms with Gasteiger partial charge in [-0.3, -0.25) is 0 Å². The molecule has 0 fully saturated rings. The van der Waals surface area contributed by atoms with Gasteiger partial charge >= 0.3 is 0 Å². The molecule has 0 spiro atoms. The van der Waals surface area contributed by atoms with E-state index in [1.165, 1.54) is 48.5 Å². The van der Waals surface area contributed by atoms with Gasteiger partial charge in [0.15, 0.2) is 46.5 Å². The molecule has 0 aromatic heterocycles. The van der Waals surface area contributed by atoms with Crippen molar-refractivity contribution >= 4 is 0 Å². The second-order valence-corrected chi connectivity index (χ2v) is 16.6. The zero-order valence-corrected chi connectivity index (χ0v) is 35.5. The van der Waals surface area contributed by atoms with Crippen LogP contribution in [0.25, 0.3) is 111 Å². The van der Waals surface area contributed by atoms with Crippen LogP contribution in [0.5, 0.6) is 0 Å². The van der Waals surface area contributed by atoms with E-state index in [4.69, 9.17) is 0 Å². The summed E-state index contributed by atoms with van der Waals surface area (Å²) in [5.74, 6) is -12.0. The number of halogens is 8. The first kappa shape index (κ1) is 42.3. The summed E-state index contributed by atoms with van der Waals surface area (Å²) in [7, 11) is 0. The van der Waals surface area contributed by atoms with Crippen LogP contribution in [0.2, 0.25) is 0 Å². The molecule has 28 aliphatic carbocycles. The maximum absolute atomic E-state index is 15.8. The molecule has 28 aliphatic rings. The lowest BCUT2D eigenvalue weighted by Gasteiger charge is -2.14. The Morgan fingerprint density at radius 3 is 0.279 bits per heavy atom. The molecule has 0 aliphatic heterocycles.